The summed E-state index contributed by atoms with van der Waals surface area (Å²) in [5.74, 6) is -1.03. The second-order valence-electron chi connectivity index (χ2n) is 3.95. The first kappa shape index (κ1) is 14.9. The van der Waals surface area contributed by atoms with Gasteiger partial charge in [-0.05, 0) is 19.1 Å². The third-order valence-electron chi connectivity index (χ3n) is 2.45. The minimum absolute atomic E-state index is 0.0702. The highest BCUT2D eigenvalue weighted by Gasteiger charge is 2.06. The molecule has 2 amide bonds. The number of ether oxygens (including phenoxy) is 1. The molecule has 7 nitrogen and oxygen atoms in total. The lowest BCUT2D eigenvalue weighted by molar-refractivity contribution is 0.0696. The predicted octanol–water partition coefficient (Wildman–Crippen LogP) is 0.614. The fraction of sp³-hybridized carbons (Fsp3) is 0.417. The molecule has 0 fully saturated rings. The maximum Gasteiger partial charge on any atom is 0.335 e. The van der Waals surface area contributed by atoms with Crippen LogP contribution in [0.5, 0.6) is 0 Å². The van der Waals surface area contributed by atoms with E-state index < -0.39 is 5.97 Å². The molecule has 0 aliphatic rings. The normalized spacial score (nSPS) is 11.7. The van der Waals surface area contributed by atoms with E-state index in [1.54, 1.807) is 7.11 Å². The number of nitrogens with zero attached hydrogens (tertiary/aromatic N) is 1. The number of pyridine rings is 1. The lowest BCUT2D eigenvalue weighted by atomic mass is 10.2. The number of hydrogen-bond donors (Lipinski definition) is 3. The summed E-state index contributed by atoms with van der Waals surface area (Å²) in [6, 6.07) is 2.46. The summed E-state index contributed by atoms with van der Waals surface area (Å²) in [7, 11) is 1.56. The van der Waals surface area contributed by atoms with Crippen LogP contribution in [-0.4, -0.2) is 41.8 Å². The van der Waals surface area contributed by atoms with Crippen molar-refractivity contribution in [1.82, 2.24) is 15.6 Å². The quantitative estimate of drug-likeness (QED) is 0.701. The number of methoxy groups -OCH3 is 1. The highest BCUT2D eigenvalue weighted by atomic mass is 16.5. The van der Waals surface area contributed by atoms with Gasteiger partial charge >= 0.3 is 12.0 Å². The summed E-state index contributed by atoms with van der Waals surface area (Å²) in [5, 5.41) is 14.0. The van der Waals surface area contributed by atoms with Crippen LogP contribution in [0.25, 0.3) is 0 Å². The van der Waals surface area contributed by atoms with Crippen molar-refractivity contribution in [1.29, 1.82) is 0 Å². The van der Waals surface area contributed by atoms with Crippen molar-refractivity contribution in [3.8, 4) is 0 Å². The Bertz CT molecular complexity index is 450. The van der Waals surface area contributed by atoms with E-state index in [9.17, 15) is 9.59 Å². The van der Waals surface area contributed by atoms with Crippen LogP contribution in [0, 0.1) is 0 Å². The van der Waals surface area contributed by atoms with Gasteiger partial charge in [0.2, 0.25) is 0 Å². The minimum Gasteiger partial charge on any atom is -0.478 e. The van der Waals surface area contributed by atoms with E-state index >= 15 is 0 Å². The van der Waals surface area contributed by atoms with Gasteiger partial charge < -0.3 is 20.5 Å². The summed E-state index contributed by atoms with van der Waals surface area (Å²) in [4.78, 5) is 26.2. The van der Waals surface area contributed by atoms with E-state index in [1.807, 2.05) is 6.92 Å². The van der Waals surface area contributed by atoms with E-state index in [0.29, 0.717) is 12.2 Å². The molecule has 0 radical (unpaired) electrons. The predicted molar refractivity (Wildman–Crippen MR) is 67.9 cm³/mol. The monoisotopic (exact) mass is 267 g/mol. The van der Waals surface area contributed by atoms with E-state index in [1.165, 1.54) is 18.3 Å². The molecule has 0 aliphatic carbocycles. The Kier molecular flexibility index (Phi) is 5.74. The molecule has 0 aliphatic heterocycles. The minimum atomic E-state index is -1.03. The van der Waals surface area contributed by atoms with Crippen molar-refractivity contribution in [3.05, 3.63) is 29.6 Å². The van der Waals surface area contributed by atoms with Gasteiger partial charge in [-0.3, -0.25) is 4.98 Å². The lowest BCUT2D eigenvalue weighted by Gasteiger charge is -2.11. The third-order valence-corrected chi connectivity index (χ3v) is 2.45. The molecule has 7 heteroatoms. The number of aromatic carboxylic acids is 1. The molecule has 0 saturated carbocycles. The molecule has 0 spiro atoms. The highest BCUT2D eigenvalue weighted by molar-refractivity contribution is 5.87. The number of urea groups is 1. The van der Waals surface area contributed by atoms with Crippen LogP contribution in [0.2, 0.25) is 0 Å². The maximum absolute atomic E-state index is 11.4. The molecular formula is C12H17N3O4. The Balaban J connectivity index is 2.42. The number of carbonyl (C=O) groups is 2. The van der Waals surface area contributed by atoms with Gasteiger partial charge in [-0.1, -0.05) is 0 Å². The van der Waals surface area contributed by atoms with Gasteiger partial charge in [-0.2, -0.15) is 0 Å². The van der Waals surface area contributed by atoms with Crippen molar-refractivity contribution in [2.24, 2.45) is 0 Å². The molecule has 0 bridgehead atoms. The van der Waals surface area contributed by atoms with E-state index in [0.717, 1.165) is 0 Å². The molecule has 3 N–H and O–H groups in total. The van der Waals surface area contributed by atoms with Crippen molar-refractivity contribution in [3.63, 3.8) is 0 Å². The van der Waals surface area contributed by atoms with Crippen molar-refractivity contribution >= 4 is 12.0 Å². The highest BCUT2D eigenvalue weighted by Crippen LogP contribution is 2.01. The standard InChI is InChI=1S/C12H17N3O4/c1-8(19-2)6-14-12(18)15-7-10-5-9(11(16)17)3-4-13-10/h3-5,8H,6-7H2,1-2H3,(H,16,17)(H2,14,15,18). The topological polar surface area (TPSA) is 101 Å². The molecule has 1 atom stereocenters. The third kappa shape index (κ3) is 5.35. The van der Waals surface area contributed by atoms with Gasteiger partial charge in [0.15, 0.2) is 0 Å². The van der Waals surface area contributed by atoms with Crippen molar-refractivity contribution in [2.75, 3.05) is 13.7 Å². The maximum atomic E-state index is 11.4. The fourth-order valence-corrected chi connectivity index (χ4v) is 1.26. The second-order valence-corrected chi connectivity index (χ2v) is 3.95. The summed E-state index contributed by atoms with van der Waals surface area (Å²) in [6.07, 6.45) is 1.32. The molecule has 0 aromatic carbocycles. The number of rotatable bonds is 6. The molecular weight excluding hydrogens is 250 g/mol. The first-order valence-corrected chi connectivity index (χ1v) is 5.75. The average Bonchev–Trinajstić information content (AvgIpc) is 2.42. The molecule has 1 unspecified atom stereocenters. The Labute approximate surface area is 111 Å². The first-order chi connectivity index (χ1) is 9.02. The number of aromatic nitrogens is 1. The first-order valence-electron chi connectivity index (χ1n) is 5.75. The Morgan fingerprint density at radius 3 is 2.84 bits per heavy atom. The van der Waals surface area contributed by atoms with Gasteiger partial charge in [0.05, 0.1) is 23.9 Å². The van der Waals surface area contributed by atoms with Crippen LogP contribution in [0.3, 0.4) is 0 Å². The summed E-state index contributed by atoms with van der Waals surface area (Å²) in [6.45, 7) is 2.39. The van der Waals surface area contributed by atoms with Gasteiger partial charge in [0, 0.05) is 19.9 Å². The average molecular weight is 267 g/mol. The molecule has 1 heterocycles. The smallest absolute Gasteiger partial charge is 0.335 e. The van der Waals surface area contributed by atoms with Crippen LogP contribution >= 0.6 is 0 Å². The van der Waals surface area contributed by atoms with Crippen LogP contribution < -0.4 is 10.6 Å². The number of nitrogens with one attached hydrogen (secondary N) is 2. The van der Waals surface area contributed by atoms with Crippen LogP contribution in [0.15, 0.2) is 18.3 Å². The lowest BCUT2D eigenvalue weighted by Crippen LogP contribution is -2.39. The van der Waals surface area contributed by atoms with Crippen LogP contribution in [-0.2, 0) is 11.3 Å². The van der Waals surface area contributed by atoms with E-state index in [2.05, 4.69) is 15.6 Å². The zero-order valence-corrected chi connectivity index (χ0v) is 10.8. The Hall–Kier alpha value is -2.15. The fourth-order valence-electron chi connectivity index (χ4n) is 1.26. The Morgan fingerprint density at radius 2 is 2.21 bits per heavy atom. The zero-order valence-electron chi connectivity index (χ0n) is 10.8. The number of carboxylic acid groups (broad SMARTS) is 1. The second kappa shape index (κ2) is 7.32. The van der Waals surface area contributed by atoms with Crippen LogP contribution in [0.1, 0.15) is 23.0 Å². The Morgan fingerprint density at radius 1 is 1.47 bits per heavy atom. The van der Waals surface area contributed by atoms with E-state index in [4.69, 9.17) is 9.84 Å². The van der Waals surface area contributed by atoms with Gasteiger partial charge in [-0.25, -0.2) is 9.59 Å². The van der Waals surface area contributed by atoms with Crippen LogP contribution in [0.4, 0.5) is 4.79 Å². The van der Waals surface area contributed by atoms with Gasteiger partial charge in [0.1, 0.15) is 0 Å². The molecule has 1 rings (SSSR count). The summed E-state index contributed by atoms with van der Waals surface area (Å²) >= 11 is 0. The molecule has 19 heavy (non-hydrogen) atoms. The zero-order chi connectivity index (χ0) is 14.3. The van der Waals surface area contributed by atoms with E-state index in [-0.39, 0.29) is 24.2 Å². The molecule has 0 saturated heterocycles. The van der Waals surface area contributed by atoms with Crippen molar-refractivity contribution in [2.45, 2.75) is 19.6 Å². The largest absolute Gasteiger partial charge is 0.478 e. The van der Waals surface area contributed by atoms with Crippen molar-refractivity contribution < 1.29 is 19.4 Å². The number of carbonyl (C=O) groups excluding carboxylic acids is 1. The molecule has 1 aromatic heterocycles. The molecule has 104 valence electrons. The number of amides is 2. The SMILES string of the molecule is COC(C)CNC(=O)NCc1cc(C(=O)O)ccn1. The molecule has 1 aromatic rings. The number of carboxylic acids is 1. The van der Waals surface area contributed by atoms with Gasteiger partial charge in [-0.15, -0.1) is 0 Å². The summed E-state index contributed by atoms with van der Waals surface area (Å²) < 4.78 is 4.99. The summed E-state index contributed by atoms with van der Waals surface area (Å²) in [5.41, 5.74) is 0.620. The number of hydrogen-bond acceptors (Lipinski definition) is 4. The van der Waals surface area contributed by atoms with Gasteiger partial charge in [0.25, 0.3) is 0 Å².